The Morgan fingerprint density at radius 2 is 1.61 bits per heavy atom. The first kappa shape index (κ1) is 15.7. The third-order valence-electron chi connectivity index (χ3n) is 5.18. The van der Waals surface area contributed by atoms with Gasteiger partial charge in [0, 0.05) is 6.04 Å². The molecule has 1 N–H and O–H groups in total. The van der Waals surface area contributed by atoms with Crippen molar-refractivity contribution in [2.24, 2.45) is 0 Å². The number of hydrogen-bond donors (Lipinski definition) is 1. The molecule has 0 heterocycles. The van der Waals surface area contributed by atoms with Gasteiger partial charge in [-0.2, -0.15) is 0 Å². The Kier molecular flexibility index (Phi) is 4.27. The van der Waals surface area contributed by atoms with Gasteiger partial charge in [0.25, 0.3) is 0 Å². The molecule has 4 rings (SSSR count). The molecule has 0 amide bonds. The third-order valence-corrected chi connectivity index (χ3v) is 8.97. The summed E-state index contributed by atoms with van der Waals surface area (Å²) >= 11 is 13.8. The molecule has 4 heteroatoms. The second kappa shape index (κ2) is 6.25. The number of fused-ring (bicyclic) bond motifs is 3. The predicted molar refractivity (Wildman–Crippen MR) is 102 cm³/mol. The van der Waals surface area contributed by atoms with Crippen molar-refractivity contribution in [2.75, 3.05) is 0 Å². The Bertz CT molecular complexity index is 723. The molecule has 0 spiro atoms. The maximum absolute atomic E-state index is 6.91. The molecule has 2 aromatic carbocycles. The fraction of sp³-hybridized carbons (Fsp3) is 0.368. The van der Waals surface area contributed by atoms with E-state index >= 15 is 0 Å². The molecular formula is C19H21Cl2NSi. The van der Waals surface area contributed by atoms with Gasteiger partial charge in [-0.15, -0.1) is 22.2 Å². The fourth-order valence-electron chi connectivity index (χ4n) is 4.03. The lowest BCUT2D eigenvalue weighted by molar-refractivity contribution is 0.417. The van der Waals surface area contributed by atoms with E-state index in [-0.39, 0.29) is 0 Å². The molecule has 0 saturated heterocycles. The molecule has 0 aromatic heterocycles. The van der Waals surface area contributed by atoms with Crippen molar-refractivity contribution in [2.45, 2.75) is 44.6 Å². The van der Waals surface area contributed by atoms with Crippen LogP contribution in [0.3, 0.4) is 0 Å². The molecule has 1 nitrogen and oxygen atoms in total. The molecule has 0 unspecified atom stereocenters. The van der Waals surface area contributed by atoms with Crippen LogP contribution in [0.2, 0.25) is 0 Å². The van der Waals surface area contributed by atoms with Gasteiger partial charge in [-0.3, -0.25) is 0 Å². The molecule has 1 saturated carbocycles. The SMILES string of the molecule is Cl[Si](Cl)(NC1CCCCC1)c1cccc2c1Cc1ccccc1-2. The van der Waals surface area contributed by atoms with Crippen LogP contribution in [-0.2, 0) is 6.42 Å². The normalized spacial score (nSPS) is 17.8. The number of nitrogens with one attached hydrogen (secondary N) is 1. The summed E-state index contributed by atoms with van der Waals surface area (Å²) in [4.78, 5) is 3.64. The van der Waals surface area contributed by atoms with E-state index in [2.05, 4.69) is 47.4 Å². The van der Waals surface area contributed by atoms with Crippen molar-refractivity contribution in [3.63, 3.8) is 0 Å². The van der Waals surface area contributed by atoms with E-state index in [0.29, 0.717) is 6.04 Å². The lowest BCUT2D eigenvalue weighted by Crippen LogP contribution is -2.56. The van der Waals surface area contributed by atoms with Gasteiger partial charge in [-0.1, -0.05) is 61.7 Å². The molecule has 0 bridgehead atoms. The molecule has 120 valence electrons. The Balaban J connectivity index is 1.67. The van der Waals surface area contributed by atoms with Crippen LogP contribution in [0.15, 0.2) is 42.5 Å². The smallest absolute Gasteiger partial charge is 0.307 e. The van der Waals surface area contributed by atoms with Gasteiger partial charge in [-0.05, 0) is 46.7 Å². The van der Waals surface area contributed by atoms with Gasteiger partial charge in [0.15, 0.2) is 0 Å². The summed E-state index contributed by atoms with van der Waals surface area (Å²) in [6.45, 7) is -2.67. The highest BCUT2D eigenvalue weighted by atomic mass is 35.7. The topological polar surface area (TPSA) is 12.0 Å². The van der Waals surface area contributed by atoms with E-state index in [1.807, 2.05) is 0 Å². The van der Waals surface area contributed by atoms with Gasteiger partial charge in [0.1, 0.15) is 0 Å². The summed E-state index contributed by atoms with van der Waals surface area (Å²) in [6.07, 6.45) is 7.25. The van der Waals surface area contributed by atoms with Crippen molar-refractivity contribution in [3.05, 3.63) is 53.6 Å². The van der Waals surface area contributed by atoms with E-state index < -0.39 is 6.86 Å². The minimum Gasteiger partial charge on any atom is -0.307 e. The maximum atomic E-state index is 6.91. The summed E-state index contributed by atoms with van der Waals surface area (Å²) in [5.74, 6) is 0. The van der Waals surface area contributed by atoms with Crippen molar-refractivity contribution in [3.8, 4) is 11.1 Å². The molecular weight excluding hydrogens is 341 g/mol. The Morgan fingerprint density at radius 1 is 0.870 bits per heavy atom. The standard InChI is InChI=1S/C19H21Cl2NSi/c20-23(21,22-15-8-2-1-3-9-15)19-12-6-11-17-16-10-5-4-7-14(16)13-18(17)19/h4-7,10-12,15,22H,1-3,8-9,13H2. The molecule has 0 aliphatic heterocycles. The van der Waals surface area contributed by atoms with E-state index in [1.54, 1.807) is 0 Å². The predicted octanol–water partition coefficient (Wildman–Crippen LogP) is 4.80. The van der Waals surface area contributed by atoms with Crippen LogP contribution in [0.1, 0.15) is 43.2 Å². The van der Waals surface area contributed by atoms with E-state index in [1.165, 1.54) is 54.4 Å². The van der Waals surface area contributed by atoms with Crippen LogP contribution in [0.25, 0.3) is 11.1 Å². The minimum absolute atomic E-state index is 0.477. The molecule has 0 atom stereocenters. The van der Waals surface area contributed by atoms with Crippen molar-refractivity contribution in [1.29, 1.82) is 0 Å². The number of hydrogen-bond acceptors (Lipinski definition) is 1. The summed E-state index contributed by atoms with van der Waals surface area (Å²) in [5.41, 5.74) is 5.35. The second-order valence-electron chi connectivity index (χ2n) is 6.72. The zero-order chi connectivity index (χ0) is 15.9. The highest BCUT2D eigenvalue weighted by molar-refractivity contribution is 7.49. The van der Waals surface area contributed by atoms with Crippen LogP contribution >= 0.6 is 22.2 Å². The number of rotatable bonds is 3. The van der Waals surface area contributed by atoms with E-state index in [9.17, 15) is 0 Å². The summed E-state index contributed by atoms with van der Waals surface area (Å²) in [6, 6.07) is 15.5. The van der Waals surface area contributed by atoms with Crippen LogP contribution < -0.4 is 10.2 Å². The minimum atomic E-state index is -2.67. The quantitative estimate of drug-likeness (QED) is 0.521. The Hall–Kier alpha value is -0.803. The van der Waals surface area contributed by atoms with Crippen LogP contribution in [-0.4, -0.2) is 12.9 Å². The van der Waals surface area contributed by atoms with Gasteiger partial charge >= 0.3 is 6.86 Å². The summed E-state index contributed by atoms with van der Waals surface area (Å²) in [5, 5.41) is 1.15. The average molecular weight is 362 g/mol. The first-order chi connectivity index (χ1) is 11.1. The van der Waals surface area contributed by atoms with E-state index in [4.69, 9.17) is 22.2 Å². The second-order valence-corrected chi connectivity index (χ2v) is 12.7. The van der Waals surface area contributed by atoms with Crippen molar-refractivity contribution in [1.82, 2.24) is 4.98 Å². The molecule has 2 aliphatic rings. The van der Waals surface area contributed by atoms with Gasteiger partial charge in [0.2, 0.25) is 0 Å². The zero-order valence-corrected chi connectivity index (χ0v) is 15.6. The maximum Gasteiger partial charge on any atom is 0.354 e. The van der Waals surface area contributed by atoms with Crippen molar-refractivity contribution < 1.29 is 0 Å². The average Bonchev–Trinajstić information content (AvgIpc) is 2.94. The molecule has 23 heavy (non-hydrogen) atoms. The van der Waals surface area contributed by atoms with Gasteiger partial charge < -0.3 is 4.98 Å². The van der Waals surface area contributed by atoms with Crippen LogP contribution in [0.4, 0.5) is 0 Å². The lowest BCUT2D eigenvalue weighted by atomic mass is 9.96. The summed E-state index contributed by atoms with van der Waals surface area (Å²) < 4.78 is 0. The third kappa shape index (κ3) is 2.98. The van der Waals surface area contributed by atoms with Crippen LogP contribution in [0, 0.1) is 0 Å². The van der Waals surface area contributed by atoms with E-state index in [0.717, 1.165) is 11.6 Å². The first-order valence-electron chi connectivity index (χ1n) is 8.51. The van der Waals surface area contributed by atoms with Gasteiger partial charge in [0.05, 0.1) is 0 Å². The number of halogens is 2. The lowest BCUT2D eigenvalue weighted by Gasteiger charge is -2.30. The van der Waals surface area contributed by atoms with Gasteiger partial charge in [-0.25, -0.2) is 0 Å². The Labute approximate surface area is 148 Å². The first-order valence-corrected chi connectivity index (χ1v) is 12.5. The number of benzene rings is 2. The molecule has 2 aliphatic carbocycles. The monoisotopic (exact) mass is 361 g/mol. The largest absolute Gasteiger partial charge is 0.354 e. The highest BCUT2D eigenvalue weighted by Crippen LogP contribution is 2.36. The zero-order valence-electron chi connectivity index (χ0n) is 13.1. The van der Waals surface area contributed by atoms with Crippen LogP contribution in [0.5, 0.6) is 0 Å². The Morgan fingerprint density at radius 3 is 2.43 bits per heavy atom. The fourth-order valence-corrected chi connectivity index (χ4v) is 7.89. The molecule has 0 radical (unpaired) electrons. The molecule has 1 fully saturated rings. The molecule has 2 aromatic rings. The summed E-state index contributed by atoms with van der Waals surface area (Å²) in [7, 11) is 0. The highest BCUT2D eigenvalue weighted by Gasteiger charge is 2.38. The van der Waals surface area contributed by atoms with Crippen molar-refractivity contribution >= 4 is 34.2 Å².